The summed E-state index contributed by atoms with van der Waals surface area (Å²) >= 11 is 0. The van der Waals surface area contributed by atoms with Gasteiger partial charge >= 0.3 is 5.97 Å². The molecule has 0 unspecified atom stereocenters. The lowest BCUT2D eigenvalue weighted by Gasteiger charge is -2.00. The second-order valence-electron chi connectivity index (χ2n) is 3.84. The number of carbonyl (C=O) groups is 1. The average molecular weight is 236 g/mol. The normalized spacial score (nSPS) is 11.1. The summed E-state index contributed by atoms with van der Waals surface area (Å²) in [6.45, 7) is 8.99. The summed E-state index contributed by atoms with van der Waals surface area (Å²) in [5.74, 6) is -0.301. The number of rotatable bonds is 5. The summed E-state index contributed by atoms with van der Waals surface area (Å²) in [7, 11) is 0. The molecule has 4 nitrogen and oxygen atoms in total. The SMILES string of the molecule is CCOC(=O)/C=C/Cn1nc(C)c(CC)c1C. The number of hydrogen-bond donors (Lipinski definition) is 0. The number of carbonyl (C=O) groups excluding carboxylic acids is 1. The van der Waals surface area contributed by atoms with Crippen LogP contribution in [0.25, 0.3) is 0 Å². The molecule has 1 aromatic heterocycles. The van der Waals surface area contributed by atoms with Crippen molar-refractivity contribution in [2.24, 2.45) is 0 Å². The van der Waals surface area contributed by atoms with E-state index in [4.69, 9.17) is 4.74 Å². The largest absolute Gasteiger partial charge is 0.463 e. The second-order valence-corrected chi connectivity index (χ2v) is 3.84. The summed E-state index contributed by atoms with van der Waals surface area (Å²) in [5, 5.41) is 4.44. The van der Waals surface area contributed by atoms with Crippen LogP contribution >= 0.6 is 0 Å². The number of nitrogens with zero attached hydrogens (tertiary/aromatic N) is 2. The van der Waals surface area contributed by atoms with Crippen LogP contribution < -0.4 is 0 Å². The van der Waals surface area contributed by atoms with Crippen molar-refractivity contribution in [2.45, 2.75) is 40.7 Å². The highest BCUT2D eigenvalue weighted by atomic mass is 16.5. The van der Waals surface area contributed by atoms with Crippen LogP contribution in [0, 0.1) is 13.8 Å². The summed E-state index contributed by atoms with van der Waals surface area (Å²) < 4.78 is 6.71. The summed E-state index contributed by atoms with van der Waals surface area (Å²) in [6.07, 6.45) is 4.21. The Balaban J connectivity index is 2.67. The summed E-state index contributed by atoms with van der Waals surface area (Å²) in [4.78, 5) is 11.1. The zero-order chi connectivity index (χ0) is 12.8. The summed E-state index contributed by atoms with van der Waals surface area (Å²) in [5.41, 5.74) is 3.52. The minimum atomic E-state index is -0.301. The third-order valence-corrected chi connectivity index (χ3v) is 2.70. The number of hydrogen-bond acceptors (Lipinski definition) is 3. The highest BCUT2D eigenvalue weighted by Crippen LogP contribution is 2.13. The molecule has 1 aromatic rings. The van der Waals surface area contributed by atoms with Gasteiger partial charge in [0.2, 0.25) is 0 Å². The quantitative estimate of drug-likeness (QED) is 0.581. The molecular formula is C13H20N2O2. The van der Waals surface area contributed by atoms with Gasteiger partial charge in [-0.15, -0.1) is 0 Å². The first-order valence-corrected chi connectivity index (χ1v) is 5.96. The molecule has 0 N–H and O–H groups in total. The van der Waals surface area contributed by atoms with E-state index in [2.05, 4.69) is 18.9 Å². The molecule has 0 aliphatic carbocycles. The molecule has 0 saturated carbocycles. The van der Waals surface area contributed by atoms with Crippen LogP contribution in [0.4, 0.5) is 0 Å². The molecule has 0 aromatic carbocycles. The van der Waals surface area contributed by atoms with E-state index >= 15 is 0 Å². The van der Waals surface area contributed by atoms with Crippen LogP contribution in [-0.2, 0) is 22.5 Å². The van der Waals surface area contributed by atoms with Crippen molar-refractivity contribution in [3.8, 4) is 0 Å². The van der Waals surface area contributed by atoms with Gasteiger partial charge in [0.05, 0.1) is 18.8 Å². The first-order chi connectivity index (χ1) is 8.10. The molecule has 17 heavy (non-hydrogen) atoms. The number of ether oxygens (including phenoxy) is 1. The molecule has 0 amide bonds. The van der Waals surface area contributed by atoms with Crippen molar-refractivity contribution >= 4 is 5.97 Å². The van der Waals surface area contributed by atoms with E-state index in [1.807, 2.05) is 11.6 Å². The van der Waals surface area contributed by atoms with E-state index in [1.54, 1.807) is 13.0 Å². The fourth-order valence-electron chi connectivity index (χ4n) is 1.86. The number of allylic oxidation sites excluding steroid dienone is 1. The predicted octanol–water partition coefficient (Wildman–Crippen LogP) is 2.18. The van der Waals surface area contributed by atoms with Crippen molar-refractivity contribution in [1.29, 1.82) is 0 Å². The van der Waals surface area contributed by atoms with Gasteiger partial charge in [0.15, 0.2) is 0 Å². The van der Waals surface area contributed by atoms with E-state index in [0.717, 1.165) is 12.1 Å². The van der Waals surface area contributed by atoms with Crippen LogP contribution in [0.2, 0.25) is 0 Å². The Hall–Kier alpha value is -1.58. The Labute approximate surface area is 102 Å². The Morgan fingerprint density at radius 1 is 1.41 bits per heavy atom. The lowest BCUT2D eigenvalue weighted by molar-refractivity contribution is -0.137. The zero-order valence-corrected chi connectivity index (χ0v) is 11.0. The molecule has 0 bridgehead atoms. The van der Waals surface area contributed by atoms with Crippen molar-refractivity contribution < 1.29 is 9.53 Å². The van der Waals surface area contributed by atoms with E-state index in [-0.39, 0.29) is 5.97 Å². The van der Waals surface area contributed by atoms with Gasteiger partial charge in [-0.25, -0.2) is 4.79 Å². The molecule has 0 aliphatic rings. The molecule has 0 spiro atoms. The van der Waals surface area contributed by atoms with Crippen molar-refractivity contribution in [3.05, 3.63) is 29.1 Å². The van der Waals surface area contributed by atoms with E-state index in [9.17, 15) is 4.79 Å². The van der Waals surface area contributed by atoms with Gasteiger partial charge in [-0.05, 0) is 32.8 Å². The number of aryl methyl sites for hydroxylation is 1. The van der Waals surface area contributed by atoms with Gasteiger partial charge in [0, 0.05) is 11.8 Å². The third kappa shape index (κ3) is 3.44. The fraction of sp³-hybridized carbons (Fsp3) is 0.538. The van der Waals surface area contributed by atoms with Crippen LogP contribution in [0.5, 0.6) is 0 Å². The number of esters is 1. The Bertz CT molecular complexity index is 419. The van der Waals surface area contributed by atoms with Crippen LogP contribution in [0.1, 0.15) is 30.8 Å². The van der Waals surface area contributed by atoms with Crippen molar-refractivity contribution in [2.75, 3.05) is 6.61 Å². The standard InChI is InChI=1S/C13H20N2O2/c1-5-12-10(3)14-15(11(12)4)9-7-8-13(16)17-6-2/h7-8H,5-6,9H2,1-4H3/b8-7+. The maximum absolute atomic E-state index is 11.1. The molecule has 1 heterocycles. The summed E-state index contributed by atoms with van der Waals surface area (Å²) in [6, 6.07) is 0. The van der Waals surface area contributed by atoms with Gasteiger partial charge < -0.3 is 4.74 Å². The van der Waals surface area contributed by atoms with Crippen molar-refractivity contribution in [1.82, 2.24) is 9.78 Å². The zero-order valence-electron chi connectivity index (χ0n) is 11.0. The lowest BCUT2D eigenvalue weighted by atomic mass is 10.1. The lowest BCUT2D eigenvalue weighted by Crippen LogP contribution is -2.03. The Morgan fingerprint density at radius 2 is 2.12 bits per heavy atom. The Morgan fingerprint density at radius 3 is 2.65 bits per heavy atom. The Kier molecular flexibility index (Phi) is 4.94. The van der Waals surface area contributed by atoms with Crippen LogP contribution in [0.15, 0.2) is 12.2 Å². The molecule has 0 saturated heterocycles. The van der Waals surface area contributed by atoms with Gasteiger partial charge in [0.1, 0.15) is 0 Å². The third-order valence-electron chi connectivity index (χ3n) is 2.70. The molecule has 1 rings (SSSR count). The number of aromatic nitrogens is 2. The predicted molar refractivity (Wildman–Crippen MR) is 66.9 cm³/mol. The smallest absolute Gasteiger partial charge is 0.330 e. The monoisotopic (exact) mass is 236 g/mol. The van der Waals surface area contributed by atoms with Gasteiger partial charge in [0.25, 0.3) is 0 Å². The maximum atomic E-state index is 11.1. The molecule has 0 fully saturated rings. The maximum Gasteiger partial charge on any atom is 0.330 e. The molecular weight excluding hydrogens is 216 g/mol. The van der Waals surface area contributed by atoms with E-state index < -0.39 is 0 Å². The van der Waals surface area contributed by atoms with Crippen molar-refractivity contribution in [3.63, 3.8) is 0 Å². The second kappa shape index (κ2) is 6.23. The minimum absolute atomic E-state index is 0.301. The highest BCUT2D eigenvalue weighted by molar-refractivity contribution is 5.81. The van der Waals surface area contributed by atoms with E-state index in [0.29, 0.717) is 13.2 Å². The molecule has 0 radical (unpaired) electrons. The van der Waals surface area contributed by atoms with E-state index in [1.165, 1.54) is 17.3 Å². The van der Waals surface area contributed by atoms with Crippen LogP contribution in [0.3, 0.4) is 0 Å². The molecule has 0 aliphatic heterocycles. The van der Waals surface area contributed by atoms with Gasteiger partial charge in [-0.2, -0.15) is 5.10 Å². The van der Waals surface area contributed by atoms with Gasteiger partial charge in [-0.1, -0.05) is 13.0 Å². The molecule has 0 atom stereocenters. The van der Waals surface area contributed by atoms with Crippen LogP contribution in [-0.4, -0.2) is 22.4 Å². The average Bonchev–Trinajstić information content (AvgIpc) is 2.54. The topological polar surface area (TPSA) is 44.1 Å². The molecule has 4 heteroatoms. The molecule has 94 valence electrons. The highest BCUT2D eigenvalue weighted by Gasteiger charge is 2.08. The van der Waals surface area contributed by atoms with Gasteiger partial charge in [-0.3, -0.25) is 4.68 Å². The minimum Gasteiger partial charge on any atom is -0.463 e. The first-order valence-electron chi connectivity index (χ1n) is 5.96. The first kappa shape index (κ1) is 13.5. The fourth-order valence-corrected chi connectivity index (χ4v) is 1.86.